The summed E-state index contributed by atoms with van der Waals surface area (Å²) in [7, 11) is 0. The Labute approximate surface area is 145 Å². The van der Waals surface area contributed by atoms with Gasteiger partial charge >= 0.3 is 6.18 Å². The molecule has 0 saturated carbocycles. The van der Waals surface area contributed by atoms with Crippen LogP contribution in [0.4, 0.5) is 13.2 Å². The minimum Gasteiger partial charge on any atom is -0.236 e. The Hall–Kier alpha value is -1.97. The molecule has 124 valence electrons. The van der Waals surface area contributed by atoms with Crippen LogP contribution in [0.15, 0.2) is 30.5 Å². The van der Waals surface area contributed by atoms with Crippen LogP contribution in [0.25, 0.3) is 5.69 Å². The van der Waals surface area contributed by atoms with E-state index < -0.39 is 11.7 Å². The molecule has 0 amide bonds. The molecule has 1 unspecified atom stereocenters. The third-order valence-electron chi connectivity index (χ3n) is 3.83. The minimum absolute atomic E-state index is 0.0559. The fourth-order valence-corrected chi connectivity index (χ4v) is 3.36. The van der Waals surface area contributed by atoms with Crippen molar-refractivity contribution in [3.63, 3.8) is 0 Å². The van der Waals surface area contributed by atoms with Crippen LogP contribution < -0.4 is 0 Å². The first-order chi connectivity index (χ1) is 11.3. The lowest BCUT2D eigenvalue weighted by Gasteiger charge is -2.12. The summed E-state index contributed by atoms with van der Waals surface area (Å²) in [5.74, 6) is 0.0559. The number of aromatic nitrogens is 2. The van der Waals surface area contributed by atoms with Crippen LogP contribution in [-0.4, -0.2) is 9.78 Å². The van der Waals surface area contributed by atoms with Gasteiger partial charge in [0.05, 0.1) is 15.6 Å². The van der Waals surface area contributed by atoms with E-state index >= 15 is 0 Å². The number of nitriles is 1. The molecule has 3 nitrogen and oxygen atoms in total. The van der Waals surface area contributed by atoms with E-state index in [9.17, 15) is 18.4 Å². The molecule has 1 aliphatic rings. The maximum atomic E-state index is 12.8. The highest BCUT2D eigenvalue weighted by atomic mass is 35.5. The van der Waals surface area contributed by atoms with Gasteiger partial charge in [-0.3, -0.25) is 0 Å². The summed E-state index contributed by atoms with van der Waals surface area (Å²) < 4.78 is 39.7. The highest BCUT2D eigenvalue weighted by molar-refractivity contribution is 6.37. The normalized spacial score (nSPS) is 17.2. The van der Waals surface area contributed by atoms with E-state index in [4.69, 9.17) is 23.2 Å². The molecule has 8 heteroatoms. The van der Waals surface area contributed by atoms with Gasteiger partial charge in [0.25, 0.3) is 0 Å². The van der Waals surface area contributed by atoms with Crippen LogP contribution in [0.3, 0.4) is 0 Å². The van der Waals surface area contributed by atoms with Crippen LogP contribution in [-0.2, 0) is 6.18 Å². The van der Waals surface area contributed by atoms with Gasteiger partial charge < -0.3 is 0 Å². The number of benzene rings is 1. The first kappa shape index (κ1) is 16.9. The molecule has 1 heterocycles. The Kier molecular flexibility index (Phi) is 4.33. The predicted molar refractivity (Wildman–Crippen MR) is 84.4 cm³/mol. The molecule has 0 spiro atoms. The minimum atomic E-state index is -4.55. The molecule has 1 aromatic carbocycles. The van der Waals surface area contributed by atoms with Gasteiger partial charge in [-0.1, -0.05) is 35.4 Å². The van der Waals surface area contributed by atoms with Crippen molar-refractivity contribution in [3.8, 4) is 11.8 Å². The SMILES string of the molecule is N#Cc1nn(-c2c(Cl)cc(C(F)(F)F)cc2Cl)cc1C1C=CCC1. The molecule has 24 heavy (non-hydrogen) atoms. The molecule has 1 atom stereocenters. The van der Waals surface area contributed by atoms with E-state index in [0.29, 0.717) is 5.56 Å². The van der Waals surface area contributed by atoms with E-state index in [1.54, 1.807) is 6.20 Å². The smallest absolute Gasteiger partial charge is 0.236 e. The first-order valence-electron chi connectivity index (χ1n) is 7.04. The Morgan fingerprint density at radius 1 is 1.25 bits per heavy atom. The van der Waals surface area contributed by atoms with Gasteiger partial charge in [-0.15, -0.1) is 0 Å². The van der Waals surface area contributed by atoms with Crippen molar-refractivity contribution in [2.45, 2.75) is 24.9 Å². The number of hydrogen-bond acceptors (Lipinski definition) is 2. The highest BCUT2D eigenvalue weighted by Crippen LogP contribution is 2.38. The van der Waals surface area contributed by atoms with Crippen LogP contribution >= 0.6 is 23.2 Å². The van der Waals surface area contributed by atoms with Gasteiger partial charge in [0, 0.05) is 17.7 Å². The second-order valence-corrected chi connectivity index (χ2v) is 6.20. The van der Waals surface area contributed by atoms with Crippen LogP contribution in [0.1, 0.15) is 35.6 Å². The molecule has 0 fully saturated rings. The van der Waals surface area contributed by atoms with Crippen molar-refractivity contribution in [2.24, 2.45) is 0 Å². The average Bonchev–Trinajstić information content (AvgIpc) is 3.14. The largest absolute Gasteiger partial charge is 0.416 e. The number of alkyl halides is 3. The lowest BCUT2D eigenvalue weighted by atomic mass is 10.00. The number of halogens is 5. The second kappa shape index (κ2) is 6.15. The molecule has 1 aromatic heterocycles. The summed E-state index contributed by atoms with van der Waals surface area (Å²) in [5, 5.41) is 13.0. The molecule has 2 aromatic rings. The van der Waals surface area contributed by atoms with Gasteiger partial charge in [-0.2, -0.15) is 23.5 Å². The van der Waals surface area contributed by atoms with Gasteiger partial charge in [0.2, 0.25) is 0 Å². The number of rotatable bonds is 2. The highest BCUT2D eigenvalue weighted by Gasteiger charge is 2.32. The fraction of sp³-hybridized carbons (Fsp3) is 0.250. The Morgan fingerprint density at radius 3 is 2.42 bits per heavy atom. The van der Waals surface area contributed by atoms with Crippen molar-refractivity contribution in [2.75, 3.05) is 0 Å². The van der Waals surface area contributed by atoms with Crippen molar-refractivity contribution in [1.29, 1.82) is 5.26 Å². The Balaban J connectivity index is 2.10. The molecule has 0 radical (unpaired) electrons. The maximum Gasteiger partial charge on any atom is 0.416 e. The zero-order chi connectivity index (χ0) is 17.5. The summed E-state index contributed by atoms with van der Waals surface area (Å²) in [6.45, 7) is 0. The van der Waals surface area contributed by atoms with Gasteiger partial charge in [0.1, 0.15) is 11.8 Å². The summed E-state index contributed by atoms with van der Waals surface area (Å²) in [6.07, 6.45) is 2.81. The van der Waals surface area contributed by atoms with E-state index in [1.807, 2.05) is 18.2 Å². The number of allylic oxidation sites excluding steroid dienone is 2. The monoisotopic (exact) mass is 371 g/mol. The molecule has 1 aliphatic carbocycles. The fourth-order valence-electron chi connectivity index (χ4n) is 2.70. The number of nitrogens with zero attached hydrogens (tertiary/aromatic N) is 3. The van der Waals surface area contributed by atoms with E-state index in [0.717, 1.165) is 25.0 Å². The van der Waals surface area contributed by atoms with Crippen LogP contribution in [0, 0.1) is 11.3 Å². The third-order valence-corrected chi connectivity index (χ3v) is 4.41. The Morgan fingerprint density at radius 2 is 1.92 bits per heavy atom. The Bertz CT molecular complexity index is 839. The molecule has 0 bridgehead atoms. The molecule has 3 rings (SSSR count). The second-order valence-electron chi connectivity index (χ2n) is 5.39. The standard InChI is InChI=1S/C16H10Cl2F3N3/c17-12-5-10(16(19,20)21)6-13(18)15(12)24-8-11(14(7-22)23-24)9-3-1-2-4-9/h1,3,5-6,8-9H,2,4H2. The number of hydrogen-bond donors (Lipinski definition) is 0. The lowest BCUT2D eigenvalue weighted by Crippen LogP contribution is -2.07. The zero-order valence-electron chi connectivity index (χ0n) is 12.1. The lowest BCUT2D eigenvalue weighted by molar-refractivity contribution is -0.137. The summed E-state index contributed by atoms with van der Waals surface area (Å²) in [6, 6.07) is 3.60. The van der Waals surface area contributed by atoms with E-state index in [2.05, 4.69) is 5.10 Å². The van der Waals surface area contributed by atoms with Gasteiger partial charge in [-0.25, -0.2) is 4.68 Å². The third kappa shape index (κ3) is 3.02. The predicted octanol–water partition coefficient (Wildman–Crippen LogP) is 5.50. The van der Waals surface area contributed by atoms with E-state index in [1.165, 1.54) is 4.68 Å². The van der Waals surface area contributed by atoms with Crippen LogP contribution in [0.2, 0.25) is 10.0 Å². The van der Waals surface area contributed by atoms with Gasteiger partial charge in [0.15, 0.2) is 5.69 Å². The van der Waals surface area contributed by atoms with E-state index in [-0.39, 0.29) is 27.3 Å². The van der Waals surface area contributed by atoms with Crippen molar-refractivity contribution < 1.29 is 13.2 Å². The quantitative estimate of drug-likeness (QED) is 0.653. The van der Waals surface area contributed by atoms with Gasteiger partial charge in [-0.05, 0) is 25.0 Å². The van der Waals surface area contributed by atoms with Crippen molar-refractivity contribution >= 4 is 23.2 Å². The topological polar surface area (TPSA) is 41.6 Å². The molecule has 0 N–H and O–H groups in total. The molecule has 0 aliphatic heterocycles. The summed E-state index contributed by atoms with van der Waals surface area (Å²) in [5.41, 5.74) is 0.0979. The maximum absolute atomic E-state index is 12.8. The first-order valence-corrected chi connectivity index (χ1v) is 7.80. The molecule has 0 saturated heterocycles. The summed E-state index contributed by atoms with van der Waals surface area (Å²) in [4.78, 5) is 0. The summed E-state index contributed by atoms with van der Waals surface area (Å²) >= 11 is 12.0. The molecular weight excluding hydrogens is 362 g/mol. The van der Waals surface area contributed by atoms with Crippen molar-refractivity contribution in [3.05, 3.63) is 57.3 Å². The molecular formula is C16H10Cl2F3N3. The average molecular weight is 372 g/mol. The van der Waals surface area contributed by atoms with Crippen molar-refractivity contribution in [1.82, 2.24) is 9.78 Å². The van der Waals surface area contributed by atoms with Crippen LogP contribution in [0.5, 0.6) is 0 Å². The zero-order valence-corrected chi connectivity index (χ0v) is 13.6.